The van der Waals surface area contributed by atoms with E-state index in [1.165, 1.54) is 17.7 Å². The minimum absolute atomic E-state index is 0.542. The van der Waals surface area contributed by atoms with Gasteiger partial charge < -0.3 is 5.32 Å². The van der Waals surface area contributed by atoms with Gasteiger partial charge in [0, 0.05) is 11.7 Å². The average molecular weight is 219 g/mol. The predicted molar refractivity (Wildman–Crippen MR) is 73.1 cm³/mol. The fraction of sp³-hybridized carbons (Fsp3) is 0.600. The molecule has 0 fully saturated rings. The Kier molecular flexibility index (Phi) is 4.85. The van der Waals surface area contributed by atoms with Crippen LogP contribution < -0.4 is 5.32 Å². The van der Waals surface area contributed by atoms with E-state index >= 15 is 0 Å². The Labute approximate surface area is 100 Å². The molecule has 1 N–H and O–H groups in total. The molecule has 1 aromatic carbocycles. The van der Waals surface area contributed by atoms with Crippen molar-refractivity contribution in [2.45, 2.75) is 53.0 Å². The molecule has 0 aliphatic rings. The van der Waals surface area contributed by atoms with E-state index < -0.39 is 0 Å². The molecule has 0 aliphatic heterocycles. The third kappa shape index (κ3) is 3.88. The van der Waals surface area contributed by atoms with Crippen molar-refractivity contribution in [3.05, 3.63) is 29.8 Å². The molecule has 0 saturated heterocycles. The van der Waals surface area contributed by atoms with Crippen molar-refractivity contribution in [1.29, 1.82) is 0 Å². The Bertz CT molecular complexity index is 315. The number of benzene rings is 1. The van der Waals surface area contributed by atoms with E-state index in [-0.39, 0.29) is 0 Å². The smallest absolute Gasteiger partial charge is 0.0377 e. The molecule has 16 heavy (non-hydrogen) atoms. The standard InChI is InChI=1S/C15H25N/c1-11(2)10-13(5)16-15-9-7-6-8-14(15)12(3)4/h6-9,11-13,16H,10H2,1-5H3/t13-/m0/s1. The molecule has 1 aromatic rings. The molecule has 90 valence electrons. The second kappa shape index (κ2) is 5.93. The number of nitrogens with one attached hydrogen (secondary N) is 1. The van der Waals surface area contributed by atoms with Crippen LogP contribution in [0.3, 0.4) is 0 Å². The SMILES string of the molecule is CC(C)C[C@H](C)Nc1ccccc1C(C)C. The molecular weight excluding hydrogens is 194 g/mol. The van der Waals surface area contributed by atoms with Gasteiger partial charge in [-0.2, -0.15) is 0 Å². The van der Waals surface area contributed by atoms with Crippen molar-refractivity contribution in [2.75, 3.05) is 5.32 Å². The first-order chi connectivity index (χ1) is 7.50. The lowest BCUT2D eigenvalue weighted by molar-refractivity contribution is 0.539. The van der Waals surface area contributed by atoms with Crippen LogP contribution in [0.4, 0.5) is 5.69 Å². The fourth-order valence-corrected chi connectivity index (χ4v) is 2.16. The molecule has 0 saturated carbocycles. The van der Waals surface area contributed by atoms with E-state index in [4.69, 9.17) is 0 Å². The van der Waals surface area contributed by atoms with Crippen molar-refractivity contribution < 1.29 is 0 Å². The van der Waals surface area contributed by atoms with Crippen molar-refractivity contribution >= 4 is 5.69 Å². The topological polar surface area (TPSA) is 12.0 Å². The Hall–Kier alpha value is -0.980. The maximum atomic E-state index is 3.62. The van der Waals surface area contributed by atoms with E-state index in [9.17, 15) is 0 Å². The highest BCUT2D eigenvalue weighted by molar-refractivity contribution is 5.53. The second-order valence-corrected chi connectivity index (χ2v) is 5.42. The quantitative estimate of drug-likeness (QED) is 0.759. The van der Waals surface area contributed by atoms with Crippen LogP contribution in [-0.4, -0.2) is 6.04 Å². The normalized spacial score (nSPS) is 13.2. The van der Waals surface area contributed by atoms with Crippen molar-refractivity contribution in [1.82, 2.24) is 0 Å². The molecular formula is C15H25N. The number of hydrogen-bond acceptors (Lipinski definition) is 1. The summed E-state index contributed by atoms with van der Waals surface area (Å²) < 4.78 is 0. The van der Waals surface area contributed by atoms with Crippen molar-refractivity contribution in [2.24, 2.45) is 5.92 Å². The zero-order valence-electron chi connectivity index (χ0n) is 11.2. The zero-order chi connectivity index (χ0) is 12.1. The number of rotatable bonds is 5. The van der Waals surface area contributed by atoms with Gasteiger partial charge in [0.2, 0.25) is 0 Å². The van der Waals surface area contributed by atoms with Crippen molar-refractivity contribution in [3.8, 4) is 0 Å². The lowest BCUT2D eigenvalue weighted by Gasteiger charge is -2.21. The van der Waals surface area contributed by atoms with Gasteiger partial charge in [-0.1, -0.05) is 45.9 Å². The van der Waals surface area contributed by atoms with Crippen LogP contribution in [0.1, 0.15) is 52.5 Å². The van der Waals surface area contributed by atoms with E-state index in [1.54, 1.807) is 0 Å². The summed E-state index contributed by atoms with van der Waals surface area (Å²) in [6.07, 6.45) is 1.21. The van der Waals surface area contributed by atoms with Gasteiger partial charge in [-0.3, -0.25) is 0 Å². The molecule has 1 rings (SSSR count). The predicted octanol–water partition coefficient (Wildman–Crippen LogP) is 4.66. The Morgan fingerprint density at radius 3 is 2.19 bits per heavy atom. The van der Waals surface area contributed by atoms with Crippen LogP contribution in [0.5, 0.6) is 0 Å². The van der Waals surface area contributed by atoms with E-state index in [2.05, 4.69) is 64.2 Å². The first-order valence-electron chi connectivity index (χ1n) is 6.36. The van der Waals surface area contributed by atoms with Crippen LogP contribution in [0, 0.1) is 5.92 Å². The maximum absolute atomic E-state index is 3.62. The Morgan fingerprint density at radius 1 is 1.00 bits per heavy atom. The molecule has 0 amide bonds. The molecule has 0 bridgehead atoms. The summed E-state index contributed by atoms with van der Waals surface area (Å²) in [4.78, 5) is 0. The maximum Gasteiger partial charge on any atom is 0.0377 e. The monoisotopic (exact) mass is 219 g/mol. The molecule has 0 radical (unpaired) electrons. The van der Waals surface area contributed by atoms with E-state index in [0.29, 0.717) is 12.0 Å². The average Bonchev–Trinajstić information content (AvgIpc) is 2.16. The van der Waals surface area contributed by atoms with Gasteiger partial charge >= 0.3 is 0 Å². The summed E-state index contributed by atoms with van der Waals surface area (Å²) >= 11 is 0. The summed E-state index contributed by atoms with van der Waals surface area (Å²) in [6, 6.07) is 9.17. The molecule has 0 heterocycles. The fourth-order valence-electron chi connectivity index (χ4n) is 2.16. The zero-order valence-corrected chi connectivity index (χ0v) is 11.2. The lowest BCUT2D eigenvalue weighted by Crippen LogP contribution is -2.18. The summed E-state index contributed by atoms with van der Waals surface area (Å²) in [5.74, 6) is 1.32. The molecule has 0 unspecified atom stereocenters. The van der Waals surface area contributed by atoms with Crippen LogP contribution in [0.15, 0.2) is 24.3 Å². The summed E-state index contributed by atoms with van der Waals surface area (Å²) in [5.41, 5.74) is 2.71. The first kappa shape index (κ1) is 13.1. The lowest BCUT2D eigenvalue weighted by atomic mass is 9.99. The first-order valence-corrected chi connectivity index (χ1v) is 6.36. The van der Waals surface area contributed by atoms with Crippen LogP contribution in [0.25, 0.3) is 0 Å². The van der Waals surface area contributed by atoms with Gasteiger partial charge in [-0.05, 0) is 36.8 Å². The molecule has 1 nitrogen and oxygen atoms in total. The highest BCUT2D eigenvalue weighted by Crippen LogP contribution is 2.25. The highest BCUT2D eigenvalue weighted by Gasteiger charge is 2.09. The summed E-state index contributed by atoms with van der Waals surface area (Å²) in [6.45, 7) is 11.3. The summed E-state index contributed by atoms with van der Waals surface area (Å²) in [7, 11) is 0. The van der Waals surface area contributed by atoms with Crippen LogP contribution in [-0.2, 0) is 0 Å². The third-order valence-electron chi connectivity index (χ3n) is 2.81. The molecule has 1 atom stereocenters. The molecule has 0 aliphatic carbocycles. The second-order valence-electron chi connectivity index (χ2n) is 5.42. The van der Waals surface area contributed by atoms with E-state index in [1.807, 2.05) is 0 Å². The van der Waals surface area contributed by atoms with Gasteiger partial charge in [0.05, 0.1) is 0 Å². The Morgan fingerprint density at radius 2 is 1.62 bits per heavy atom. The van der Waals surface area contributed by atoms with Gasteiger partial charge in [0.1, 0.15) is 0 Å². The Balaban J connectivity index is 2.72. The van der Waals surface area contributed by atoms with Gasteiger partial charge in [0.15, 0.2) is 0 Å². The minimum atomic E-state index is 0.542. The van der Waals surface area contributed by atoms with Gasteiger partial charge in [-0.15, -0.1) is 0 Å². The molecule has 0 aromatic heterocycles. The number of hydrogen-bond donors (Lipinski definition) is 1. The largest absolute Gasteiger partial charge is 0.382 e. The van der Waals surface area contributed by atoms with Gasteiger partial charge in [-0.25, -0.2) is 0 Å². The van der Waals surface area contributed by atoms with Crippen LogP contribution in [0.2, 0.25) is 0 Å². The highest BCUT2D eigenvalue weighted by atomic mass is 14.9. The molecule has 0 spiro atoms. The third-order valence-corrected chi connectivity index (χ3v) is 2.81. The minimum Gasteiger partial charge on any atom is -0.382 e. The number of para-hydroxylation sites is 1. The van der Waals surface area contributed by atoms with Crippen molar-refractivity contribution in [3.63, 3.8) is 0 Å². The van der Waals surface area contributed by atoms with E-state index in [0.717, 1.165) is 5.92 Å². The number of anilines is 1. The molecule has 1 heteroatoms. The van der Waals surface area contributed by atoms with Gasteiger partial charge in [0.25, 0.3) is 0 Å². The summed E-state index contributed by atoms with van der Waals surface area (Å²) in [5, 5.41) is 3.62. The van der Waals surface area contributed by atoms with Crippen LogP contribution >= 0.6 is 0 Å².